The third kappa shape index (κ3) is 4.75. The third-order valence-electron chi connectivity index (χ3n) is 6.08. The Labute approximate surface area is 188 Å². The highest BCUT2D eigenvalue weighted by molar-refractivity contribution is 7.89. The molecule has 164 valence electrons. The van der Waals surface area contributed by atoms with Gasteiger partial charge in [0.05, 0.1) is 4.90 Å². The first-order valence-corrected chi connectivity index (χ1v) is 11.9. The van der Waals surface area contributed by atoms with Crippen LogP contribution >= 0.6 is 24.0 Å². The molecule has 30 heavy (non-hydrogen) atoms. The van der Waals surface area contributed by atoms with E-state index in [9.17, 15) is 13.2 Å². The van der Waals surface area contributed by atoms with E-state index >= 15 is 0 Å². The lowest BCUT2D eigenvalue weighted by Gasteiger charge is -2.37. The average Bonchev–Trinajstić information content (AvgIpc) is 2.73. The van der Waals surface area contributed by atoms with E-state index in [0.717, 1.165) is 36.5 Å². The average molecular weight is 472 g/mol. The zero-order valence-corrected chi connectivity index (χ0v) is 19.1. The van der Waals surface area contributed by atoms with E-state index in [1.54, 1.807) is 24.3 Å². The number of nitrogens with zero attached hydrogens (tertiary/aromatic N) is 2. The summed E-state index contributed by atoms with van der Waals surface area (Å²) in [4.78, 5) is 14.9. The molecule has 6 nitrogen and oxygen atoms in total. The monoisotopic (exact) mass is 471 g/mol. The SMILES string of the molecule is Cl.N[C@H]1CC[C@@H](C(=O)N2CCN(S(=O)(=O)c3ccc4cc(Cl)ccc4c3)CC2)CC1. The lowest BCUT2D eigenvalue weighted by Crippen LogP contribution is -2.52. The molecule has 1 aliphatic heterocycles. The van der Waals surface area contributed by atoms with E-state index in [0.29, 0.717) is 31.2 Å². The molecule has 0 spiro atoms. The molecular weight excluding hydrogens is 445 g/mol. The number of benzene rings is 2. The minimum atomic E-state index is -3.60. The summed E-state index contributed by atoms with van der Waals surface area (Å²) in [5.41, 5.74) is 5.93. The molecule has 1 saturated heterocycles. The van der Waals surface area contributed by atoms with Crippen molar-refractivity contribution in [2.45, 2.75) is 36.6 Å². The number of nitrogens with two attached hydrogens (primary N) is 1. The molecule has 9 heteroatoms. The standard InChI is InChI=1S/C21H26ClN3O3S.ClH/c22-18-5-1-17-14-20(8-4-16(17)13-18)29(27,28)25-11-9-24(10-12-25)21(26)15-2-6-19(23)7-3-15;/h1,4-5,8,13-15,19H,2-3,6-7,9-12,23H2;1H/t15-,19+;. The van der Waals surface area contributed by atoms with Crippen molar-refractivity contribution < 1.29 is 13.2 Å². The van der Waals surface area contributed by atoms with E-state index in [1.807, 2.05) is 17.0 Å². The molecule has 1 amide bonds. The number of fused-ring (bicyclic) bond motifs is 1. The van der Waals surface area contributed by atoms with E-state index in [4.69, 9.17) is 17.3 Å². The molecule has 1 saturated carbocycles. The molecule has 1 aliphatic carbocycles. The van der Waals surface area contributed by atoms with Crippen molar-refractivity contribution in [1.82, 2.24) is 9.21 Å². The summed E-state index contributed by atoms with van der Waals surface area (Å²) in [6.07, 6.45) is 3.44. The summed E-state index contributed by atoms with van der Waals surface area (Å²) in [5.74, 6) is 0.182. The molecule has 2 aliphatic rings. The number of hydrogen-bond donors (Lipinski definition) is 1. The summed E-state index contributed by atoms with van der Waals surface area (Å²) in [6.45, 7) is 1.51. The van der Waals surface area contributed by atoms with Crippen LogP contribution in [0.2, 0.25) is 5.02 Å². The zero-order valence-electron chi connectivity index (χ0n) is 16.7. The molecule has 2 aromatic carbocycles. The van der Waals surface area contributed by atoms with E-state index in [1.165, 1.54) is 4.31 Å². The van der Waals surface area contributed by atoms with Gasteiger partial charge >= 0.3 is 0 Å². The highest BCUT2D eigenvalue weighted by atomic mass is 35.5. The Kier molecular flexibility index (Phi) is 7.30. The van der Waals surface area contributed by atoms with E-state index in [2.05, 4.69) is 0 Å². The molecule has 0 unspecified atom stereocenters. The smallest absolute Gasteiger partial charge is 0.243 e. The molecule has 0 bridgehead atoms. The van der Waals surface area contributed by atoms with Gasteiger partial charge in [-0.3, -0.25) is 4.79 Å². The molecule has 0 atom stereocenters. The molecule has 2 aromatic rings. The lowest BCUT2D eigenvalue weighted by atomic mass is 9.85. The molecular formula is C21H27Cl2N3O3S. The van der Waals surface area contributed by atoms with Gasteiger partial charge in [-0.05, 0) is 60.7 Å². The first-order valence-electron chi connectivity index (χ1n) is 10.1. The highest BCUT2D eigenvalue weighted by Gasteiger charge is 2.33. The molecule has 4 rings (SSSR count). The van der Waals surface area contributed by atoms with Crippen molar-refractivity contribution in [3.05, 3.63) is 41.4 Å². The normalized spacial score (nSPS) is 23.2. The van der Waals surface area contributed by atoms with Gasteiger partial charge in [0.2, 0.25) is 15.9 Å². The number of carbonyl (C=O) groups is 1. The van der Waals surface area contributed by atoms with Gasteiger partial charge in [0.15, 0.2) is 0 Å². The molecule has 1 heterocycles. The van der Waals surface area contributed by atoms with Gasteiger partial charge in [0.25, 0.3) is 0 Å². The van der Waals surface area contributed by atoms with Crippen molar-refractivity contribution in [2.24, 2.45) is 11.7 Å². The van der Waals surface area contributed by atoms with Crippen molar-refractivity contribution in [1.29, 1.82) is 0 Å². The second kappa shape index (κ2) is 9.40. The van der Waals surface area contributed by atoms with Crippen LogP contribution in [0.1, 0.15) is 25.7 Å². The minimum absolute atomic E-state index is 0. The molecule has 0 aromatic heterocycles. The van der Waals surface area contributed by atoms with Crippen LogP contribution in [0, 0.1) is 5.92 Å². The van der Waals surface area contributed by atoms with Crippen LogP contribution in [-0.2, 0) is 14.8 Å². The first kappa shape index (κ1) is 23.3. The summed E-state index contributed by atoms with van der Waals surface area (Å²) in [6, 6.07) is 10.7. The quantitative estimate of drug-likeness (QED) is 0.744. The highest BCUT2D eigenvalue weighted by Crippen LogP contribution is 2.27. The minimum Gasteiger partial charge on any atom is -0.340 e. The van der Waals surface area contributed by atoms with Gasteiger partial charge in [0.1, 0.15) is 0 Å². The van der Waals surface area contributed by atoms with Gasteiger partial charge in [0, 0.05) is 43.2 Å². The predicted octanol–water partition coefficient (Wildman–Crippen LogP) is 3.27. The summed E-state index contributed by atoms with van der Waals surface area (Å²) in [7, 11) is -3.60. The van der Waals surface area contributed by atoms with Gasteiger partial charge in [-0.1, -0.05) is 23.7 Å². The fourth-order valence-corrected chi connectivity index (χ4v) is 5.92. The number of halogens is 2. The second-order valence-corrected chi connectivity index (χ2v) is 10.4. The maximum Gasteiger partial charge on any atom is 0.243 e. The maximum atomic E-state index is 13.1. The summed E-state index contributed by atoms with van der Waals surface area (Å²) < 4.78 is 27.7. The zero-order chi connectivity index (χ0) is 20.6. The Morgan fingerprint density at radius 1 is 0.933 bits per heavy atom. The van der Waals surface area contributed by atoms with Crippen molar-refractivity contribution in [2.75, 3.05) is 26.2 Å². The fourth-order valence-electron chi connectivity index (χ4n) is 4.28. The number of rotatable bonds is 3. The number of piperazine rings is 1. The topological polar surface area (TPSA) is 83.7 Å². The Morgan fingerprint density at radius 2 is 1.53 bits per heavy atom. The molecule has 0 radical (unpaired) electrons. The van der Waals surface area contributed by atoms with Crippen LogP contribution in [-0.4, -0.2) is 55.8 Å². The van der Waals surface area contributed by atoms with Crippen LogP contribution in [0.5, 0.6) is 0 Å². The number of carbonyl (C=O) groups excluding carboxylic acids is 1. The summed E-state index contributed by atoms with van der Waals surface area (Å²) in [5, 5.41) is 2.35. The Balaban J connectivity index is 0.00000256. The number of sulfonamides is 1. The predicted molar refractivity (Wildman–Crippen MR) is 121 cm³/mol. The van der Waals surface area contributed by atoms with Crippen LogP contribution in [0.4, 0.5) is 0 Å². The van der Waals surface area contributed by atoms with Gasteiger partial charge in [-0.25, -0.2) is 8.42 Å². The fraction of sp³-hybridized carbons (Fsp3) is 0.476. The first-order chi connectivity index (χ1) is 13.8. The van der Waals surface area contributed by atoms with E-state index < -0.39 is 10.0 Å². The Bertz CT molecular complexity index is 1020. The number of hydrogen-bond acceptors (Lipinski definition) is 4. The van der Waals surface area contributed by atoms with Crippen molar-refractivity contribution in [3.8, 4) is 0 Å². The summed E-state index contributed by atoms with van der Waals surface area (Å²) >= 11 is 6.01. The van der Waals surface area contributed by atoms with E-state index in [-0.39, 0.29) is 35.2 Å². The number of amides is 1. The van der Waals surface area contributed by atoms with Gasteiger partial charge in [-0.15, -0.1) is 12.4 Å². The van der Waals surface area contributed by atoms with Crippen LogP contribution in [0.25, 0.3) is 10.8 Å². The largest absolute Gasteiger partial charge is 0.340 e. The second-order valence-electron chi connectivity index (χ2n) is 7.99. The van der Waals surface area contributed by atoms with Crippen LogP contribution < -0.4 is 5.73 Å². The molecule has 2 N–H and O–H groups in total. The van der Waals surface area contributed by atoms with Gasteiger partial charge < -0.3 is 10.6 Å². The maximum absolute atomic E-state index is 13.1. The van der Waals surface area contributed by atoms with Crippen LogP contribution in [0.3, 0.4) is 0 Å². The van der Waals surface area contributed by atoms with Crippen molar-refractivity contribution >= 4 is 50.7 Å². The van der Waals surface area contributed by atoms with Gasteiger partial charge in [-0.2, -0.15) is 4.31 Å². The molecule has 2 fully saturated rings. The Hall–Kier alpha value is -1.38. The Morgan fingerprint density at radius 3 is 2.20 bits per heavy atom. The third-order valence-corrected chi connectivity index (χ3v) is 8.21. The lowest BCUT2D eigenvalue weighted by molar-refractivity contribution is -0.137. The van der Waals surface area contributed by atoms with Crippen LogP contribution in [0.15, 0.2) is 41.3 Å². The van der Waals surface area contributed by atoms with Crippen molar-refractivity contribution in [3.63, 3.8) is 0 Å².